The Labute approximate surface area is 201 Å². The van der Waals surface area contributed by atoms with Gasteiger partial charge in [0.1, 0.15) is 11.8 Å². The molecule has 1 N–H and O–H groups in total. The lowest BCUT2D eigenvalue weighted by Crippen LogP contribution is -2.52. The average molecular weight is 470 g/mol. The zero-order chi connectivity index (χ0) is 24.5. The molecule has 35 heavy (non-hydrogen) atoms. The molecule has 2 aliphatic heterocycles. The quantitative estimate of drug-likeness (QED) is 0.587. The van der Waals surface area contributed by atoms with E-state index in [0.29, 0.717) is 11.3 Å². The molecule has 176 valence electrons. The number of aromatic nitrogens is 1. The van der Waals surface area contributed by atoms with Gasteiger partial charge in [0.15, 0.2) is 0 Å². The first-order valence-corrected chi connectivity index (χ1v) is 11.2. The number of benzene rings is 2. The molecule has 3 heterocycles. The normalized spacial score (nSPS) is 17.1. The van der Waals surface area contributed by atoms with Gasteiger partial charge in [-0.25, -0.2) is 4.79 Å². The number of fused-ring (bicyclic) bond motifs is 1. The van der Waals surface area contributed by atoms with Gasteiger partial charge >= 0.3 is 6.09 Å². The van der Waals surface area contributed by atoms with Crippen LogP contribution in [0, 0.1) is 0 Å². The number of rotatable bonds is 4. The lowest BCUT2D eigenvalue weighted by Gasteiger charge is -2.29. The third-order valence-electron chi connectivity index (χ3n) is 6.18. The van der Waals surface area contributed by atoms with Crippen molar-refractivity contribution in [2.45, 2.75) is 25.4 Å². The van der Waals surface area contributed by atoms with Crippen LogP contribution in [-0.4, -0.2) is 46.8 Å². The minimum atomic E-state index is -0.699. The zero-order valence-corrected chi connectivity index (χ0v) is 18.9. The monoisotopic (exact) mass is 470 g/mol. The molecular weight excluding hydrogens is 448 g/mol. The molecule has 0 radical (unpaired) electrons. The van der Waals surface area contributed by atoms with Gasteiger partial charge in [-0.2, -0.15) is 0 Å². The van der Waals surface area contributed by atoms with Crippen LogP contribution in [0.5, 0.6) is 5.75 Å². The molecule has 2 aromatic carbocycles. The standard InChI is InChI=1S/C26H22N4O5/c1-29(18-11-12-27-21(13-18)16-5-3-2-4-6-16)26(34)35-19-8-7-17-15-30(25(33)20(17)14-19)22-9-10-23(31)28-24(22)32/h2-8,11-14,22H,9-10,15H2,1H3,(H,28,31,32). The molecule has 0 saturated carbocycles. The van der Waals surface area contributed by atoms with Gasteiger partial charge in [0.2, 0.25) is 11.8 Å². The van der Waals surface area contributed by atoms with E-state index >= 15 is 0 Å². The summed E-state index contributed by atoms with van der Waals surface area (Å²) in [5.74, 6) is -0.916. The van der Waals surface area contributed by atoms with Crippen molar-refractivity contribution in [1.29, 1.82) is 0 Å². The van der Waals surface area contributed by atoms with E-state index in [9.17, 15) is 19.2 Å². The van der Waals surface area contributed by atoms with Crippen molar-refractivity contribution < 1.29 is 23.9 Å². The summed E-state index contributed by atoms with van der Waals surface area (Å²) in [5.41, 5.74) is 3.35. The molecule has 1 aromatic heterocycles. The first-order chi connectivity index (χ1) is 16.9. The Morgan fingerprint density at radius 2 is 1.89 bits per heavy atom. The lowest BCUT2D eigenvalue weighted by atomic mass is 10.0. The van der Waals surface area contributed by atoms with Gasteiger partial charge in [-0.3, -0.25) is 29.6 Å². The van der Waals surface area contributed by atoms with E-state index in [-0.39, 0.29) is 37.0 Å². The zero-order valence-electron chi connectivity index (χ0n) is 18.9. The SMILES string of the molecule is CN(C(=O)Oc1ccc2c(c1)C(=O)N(C1CCC(=O)NC1=O)C2)c1ccnc(-c2ccccc2)c1. The molecule has 1 fully saturated rings. The summed E-state index contributed by atoms with van der Waals surface area (Å²) in [6.07, 6.45) is 1.47. The average Bonchev–Trinajstić information content (AvgIpc) is 3.19. The number of piperidine rings is 1. The van der Waals surface area contributed by atoms with Crippen LogP contribution in [-0.2, 0) is 16.1 Å². The molecule has 1 unspecified atom stereocenters. The van der Waals surface area contributed by atoms with Crippen LogP contribution >= 0.6 is 0 Å². The maximum atomic E-state index is 13.0. The molecule has 3 aromatic rings. The number of amides is 4. The van der Waals surface area contributed by atoms with Crippen LogP contribution in [0.4, 0.5) is 10.5 Å². The molecule has 9 nitrogen and oxygen atoms in total. The topological polar surface area (TPSA) is 109 Å². The number of imide groups is 1. The summed E-state index contributed by atoms with van der Waals surface area (Å²) in [6.45, 7) is 0.258. The van der Waals surface area contributed by atoms with Gasteiger partial charge in [0.05, 0.1) is 11.4 Å². The van der Waals surface area contributed by atoms with Crippen molar-refractivity contribution in [3.05, 3.63) is 78.0 Å². The van der Waals surface area contributed by atoms with Crippen molar-refractivity contribution in [3.63, 3.8) is 0 Å². The van der Waals surface area contributed by atoms with Crippen LogP contribution in [0.2, 0.25) is 0 Å². The largest absolute Gasteiger partial charge is 0.419 e. The van der Waals surface area contributed by atoms with Crippen molar-refractivity contribution in [3.8, 4) is 17.0 Å². The number of nitrogens with one attached hydrogen (secondary N) is 1. The van der Waals surface area contributed by atoms with Crippen molar-refractivity contribution in [1.82, 2.24) is 15.2 Å². The molecule has 1 atom stereocenters. The molecule has 1 saturated heterocycles. The van der Waals surface area contributed by atoms with Crippen molar-refractivity contribution in [2.24, 2.45) is 0 Å². The summed E-state index contributed by atoms with van der Waals surface area (Å²) in [6, 6.07) is 17.3. The molecule has 4 amide bonds. The van der Waals surface area contributed by atoms with E-state index in [1.54, 1.807) is 37.5 Å². The van der Waals surface area contributed by atoms with E-state index in [1.807, 2.05) is 30.3 Å². The summed E-state index contributed by atoms with van der Waals surface area (Å²) in [5, 5.41) is 2.28. The number of carbonyl (C=O) groups is 4. The highest BCUT2D eigenvalue weighted by molar-refractivity contribution is 6.05. The van der Waals surface area contributed by atoms with Crippen molar-refractivity contribution in [2.75, 3.05) is 11.9 Å². The fourth-order valence-electron chi connectivity index (χ4n) is 4.27. The first-order valence-electron chi connectivity index (χ1n) is 11.2. The Balaban J connectivity index is 1.30. The predicted molar refractivity (Wildman–Crippen MR) is 127 cm³/mol. The maximum Gasteiger partial charge on any atom is 0.419 e. The number of hydrogen-bond acceptors (Lipinski definition) is 6. The summed E-state index contributed by atoms with van der Waals surface area (Å²) < 4.78 is 5.54. The molecule has 0 bridgehead atoms. The minimum absolute atomic E-state index is 0.187. The minimum Gasteiger partial charge on any atom is -0.410 e. The van der Waals surface area contributed by atoms with Gasteiger partial charge < -0.3 is 9.64 Å². The van der Waals surface area contributed by atoms with Crippen LogP contribution < -0.4 is 15.0 Å². The van der Waals surface area contributed by atoms with E-state index in [0.717, 1.165) is 16.8 Å². The van der Waals surface area contributed by atoms with Gasteiger partial charge in [0.25, 0.3) is 5.91 Å². The van der Waals surface area contributed by atoms with Crippen LogP contribution in [0.25, 0.3) is 11.3 Å². The lowest BCUT2D eigenvalue weighted by molar-refractivity contribution is -0.136. The number of nitrogens with zero attached hydrogens (tertiary/aromatic N) is 3. The van der Waals surface area contributed by atoms with Gasteiger partial charge in [-0.05, 0) is 36.2 Å². The highest BCUT2D eigenvalue weighted by Crippen LogP contribution is 2.30. The number of pyridine rings is 1. The van der Waals surface area contributed by atoms with E-state index in [2.05, 4.69) is 10.3 Å². The Morgan fingerprint density at radius 3 is 2.66 bits per heavy atom. The number of hydrogen-bond donors (Lipinski definition) is 1. The predicted octanol–water partition coefficient (Wildman–Crippen LogP) is 3.14. The second kappa shape index (κ2) is 9.02. The fraction of sp³-hybridized carbons (Fsp3) is 0.192. The third-order valence-corrected chi connectivity index (χ3v) is 6.18. The van der Waals surface area contributed by atoms with Gasteiger partial charge in [0, 0.05) is 37.3 Å². The summed E-state index contributed by atoms with van der Waals surface area (Å²) in [7, 11) is 1.59. The molecular formula is C26H22N4O5. The highest BCUT2D eigenvalue weighted by Gasteiger charge is 2.39. The smallest absolute Gasteiger partial charge is 0.410 e. The Kier molecular flexibility index (Phi) is 5.74. The maximum absolute atomic E-state index is 13.0. The van der Waals surface area contributed by atoms with Gasteiger partial charge in [-0.1, -0.05) is 36.4 Å². The molecule has 9 heteroatoms. The van der Waals surface area contributed by atoms with Crippen LogP contribution in [0.1, 0.15) is 28.8 Å². The Hall–Kier alpha value is -4.53. The highest BCUT2D eigenvalue weighted by atomic mass is 16.6. The van der Waals surface area contributed by atoms with Crippen molar-refractivity contribution >= 4 is 29.5 Å². The summed E-state index contributed by atoms with van der Waals surface area (Å²) in [4.78, 5) is 56.7. The van der Waals surface area contributed by atoms with E-state index < -0.39 is 18.0 Å². The third kappa shape index (κ3) is 4.35. The second-order valence-electron chi connectivity index (χ2n) is 8.41. The number of carbonyl (C=O) groups excluding carboxylic acids is 4. The molecule has 0 aliphatic carbocycles. The molecule has 2 aliphatic rings. The summed E-state index contributed by atoms with van der Waals surface area (Å²) >= 11 is 0. The fourth-order valence-corrected chi connectivity index (χ4v) is 4.27. The number of anilines is 1. The Bertz CT molecular complexity index is 1340. The number of ether oxygens (including phenoxy) is 1. The van der Waals surface area contributed by atoms with E-state index in [1.165, 1.54) is 15.9 Å². The Morgan fingerprint density at radius 1 is 1.09 bits per heavy atom. The van der Waals surface area contributed by atoms with Crippen LogP contribution in [0.15, 0.2) is 66.9 Å². The molecule has 5 rings (SSSR count). The second-order valence-corrected chi connectivity index (χ2v) is 8.41. The van der Waals surface area contributed by atoms with Crippen LogP contribution in [0.3, 0.4) is 0 Å². The van der Waals surface area contributed by atoms with E-state index in [4.69, 9.17) is 4.74 Å². The molecule has 0 spiro atoms. The first kappa shape index (κ1) is 22.3. The van der Waals surface area contributed by atoms with Gasteiger partial charge in [-0.15, -0.1) is 0 Å².